The molecule has 4 aliphatic rings. The van der Waals surface area contributed by atoms with E-state index in [1.54, 1.807) is 30.3 Å². The van der Waals surface area contributed by atoms with E-state index in [2.05, 4.69) is 4.90 Å². The van der Waals surface area contributed by atoms with Gasteiger partial charge in [-0.15, -0.1) is 0 Å². The predicted octanol–water partition coefficient (Wildman–Crippen LogP) is 6.02. The molecule has 3 saturated heterocycles. The minimum absolute atomic E-state index is 0.0364. The highest BCUT2D eigenvalue weighted by Crippen LogP contribution is 2.47. The molecule has 3 fully saturated rings. The van der Waals surface area contributed by atoms with E-state index in [4.69, 9.17) is 28.3 Å². The zero-order valence-electron chi connectivity index (χ0n) is 15.3. The number of fused-ring (bicyclic) bond motifs is 2. The molecule has 0 amide bonds. The maximum Gasteiger partial charge on any atom is 0.416 e. The number of hydrogen-bond acceptors (Lipinski definition) is 3. The number of hydrogen-bond donors (Lipinski definition) is 0. The highest BCUT2D eigenvalue weighted by Gasteiger charge is 2.50. The minimum atomic E-state index is -4.36. The summed E-state index contributed by atoms with van der Waals surface area (Å²) in [7, 11) is 0. The number of nitrogens with zero attached hydrogens (tertiary/aromatic N) is 3. The lowest BCUT2D eigenvalue weighted by molar-refractivity contribution is -0.137. The van der Waals surface area contributed by atoms with E-state index in [1.165, 1.54) is 0 Å². The van der Waals surface area contributed by atoms with E-state index in [9.17, 15) is 13.2 Å². The normalized spacial score (nSPS) is 28.4. The molecule has 2 atom stereocenters. The fourth-order valence-electron chi connectivity index (χ4n) is 4.78. The molecule has 152 valence electrons. The van der Waals surface area contributed by atoms with Crippen LogP contribution in [0.2, 0.25) is 10.0 Å². The molecule has 2 aromatic carbocycles. The maximum absolute atomic E-state index is 13.1. The van der Waals surface area contributed by atoms with Crippen molar-refractivity contribution in [2.24, 2.45) is 11.0 Å². The first-order chi connectivity index (χ1) is 13.8. The minimum Gasteiger partial charge on any atom is -0.293 e. The van der Waals surface area contributed by atoms with Crippen LogP contribution in [0.3, 0.4) is 0 Å². The summed E-state index contributed by atoms with van der Waals surface area (Å²) in [6.45, 7) is 1.95. The molecule has 2 bridgehead atoms. The Morgan fingerprint density at radius 3 is 2.28 bits per heavy atom. The summed E-state index contributed by atoms with van der Waals surface area (Å²) in [6, 6.07) is 10.4. The molecule has 0 aromatic heterocycles. The summed E-state index contributed by atoms with van der Waals surface area (Å²) >= 11 is 12.7. The largest absolute Gasteiger partial charge is 0.416 e. The average molecular weight is 440 g/mol. The Morgan fingerprint density at radius 2 is 1.62 bits per heavy atom. The Morgan fingerprint density at radius 1 is 0.931 bits per heavy atom. The summed E-state index contributed by atoms with van der Waals surface area (Å²) < 4.78 is 39.2. The number of piperidine rings is 3. The number of halogens is 5. The number of anilines is 1. The third kappa shape index (κ3) is 3.22. The fraction of sp³-hybridized carbons (Fsp3) is 0.381. The first kappa shape index (κ1) is 19.2. The van der Waals surface area contributed by atoms with Gasteiger partial charge in [-0.2, -0.15) is 18.3 Å². The first-order valence-electron chi connectivity index (χ1n) is 9.57. The summed E-state index contributed by atoms with van der Waals surface area (Å²) in [6.07, 6.45) is -2.24. The smallest absolute Gasteiger partial charge is 0.293 e. The highest BCUT2D eigenvalue weighted by molar-refractivity contribution is 6.35. The van der Waals surface area contributed by atoms with E-state index in [-0.39, 0.29) is 12.1 Å². The standard InChI is InChI=1S/C21H18Cl2F3N3/c22-15-5-6-16(23)17(11-15)29-19(13-1-3-14(4-2-13)21(24,25)26)20-18(27-29)12-7-9-28(20)10-8-12/h1-6,11-12,19-20H,7-10H2/t19-,20+/m0/s1. The van der Waals surface area contributed by atoms with Gasteiger partial charge >= 0.3 is 6.18 Å². The van der Waals surface area contributed by atoms with Crippen LogP contribution in [0.1, 0.15) is 30.0 Å². The molecule has 0 N–H and O–H groups in total. The number of rotatable bonds is 2. The summed E-state index contributed by atoms with van der Waals surface area (Å²) in [5.41, 5.74) is 1.90. The topological polar surface area (TPSA) is 18.8 Å². The van der Waals surface area contributed by atoms with Gasteiger partial charge in [0.25, 0.3) is 0 Å². The second-order valence-corrected chi connectivity index (χ2v) is 8.63. The lowest BCUT2D eigenvalue weighted by atomic mass is 9.78. The van der Waals surface area contributed by atoms with Gasteiger partial charge in [0, 0.05) is 10.9 Å². The van der Waals surface area contributed by atoms with Gasteiger partial charge in [0.05, 0.1) is 34.1 Å². The molecule has 3 nitrogen and oxygen atoms in total. The molecule has 0 aliphatic carbocycles. The Kier molecular flexibility index (Phi) is 4.57. The third-order valence-corrected chi connectivity index (χ3v) is 6.72. The van der Waals surface area contributed by atoms with Crippen molar-refractivity contribution in [3.05, 3.63) is 63.6 Å². The van der Waals surface area contributed by atoms with E-state index < -0.39 is 11.7 Å². The zero-order valence-corrected chi connectivity index (χ0v) is 16.8. The molecule has 29 heavy (non-hydrogen) atoms. The Hall–Kier alpha value is -1.76. The lowest BCUT2D eigenvalue weighted by Crippen LogP contribution is -2.56. The van der Waals surface area contributed by atoms with Gasteiger partial charge < -0.3 is 0 Å². The molecule has 2 aromatic rings. The van der Waals surface area contributed by atoms with Crippen molar-refractivity contribution >= 4 is 34.6 Å². The molecular formula is C21H18Cl2F3N3. The van der Waals surface area contributed by atoms with Crippen LogP contribution in [0.15, 0.2) is 47.6 Å². The Balaban J connectivity index is 1.61. The van der Waals surface area contributed by atoms with Crippen LogP contribution in [0.25, 0.3) is 0 Å². The Labute approximate surface area is 176 Å². The van der Waals surface area contributed by atoms with E-state index >= 15 is 0 Å². The number of hydrazone groups is 1. The predicted molar refractivity (Wildman–Crippen MR) is 109 cm³/mol. The van der Waals surface area contributed by atoms with Gasteiger partial charge in [-0.25, -0.2) is 0 Å². The van der Waals surface area contributed by atoms with Gasteiger partial charge in [-0.3, -0.25) is 9.91 Å². The molecule has 4 heterocycles. The quantitative estimate of drug-likeness (QED) is 0.569. The van der Waals surface area contributed by atoms with Gasteiger partial charge in [0.2, 0.25) is 0 Å². The molecule has 8 heteroatoms. The van der Waals surface area contributed by atoms with Gasteiger partial charge in [-0.1, -0.05) is 35.3 Å². The summed E-state index contributed by atoms with van der Waals surface area (Å²) in [4.78, 5) is 2.39. The SMILES string of the molecule is FC(F)(F)c1ccc([C@H]2[C@H]3C(=NN2c2cc(Cl)ccc2Cl)C2CCN3CC2)cc1. The van der Waals surface area contributed by atoms with Crippen molar-refractivity contribution < 1.29 is 13.2 Å². The van der Waals surface area contributed by atoms with Crippen LogP contribution in [0.5, 0.6) is 0 Å². The molecule has 0 unspecified atom stereocenters. The van der Waals surface area contributed by atoms with Crippen LogP contribution >= 0.6 is 23.2 Å². The zero-order chi connectivity index (χ0) is 20.3. The highest BCUT2D eigenvalue weighted by atomic mass is 35.5. The Bertz CT molecular complexity index is 966. The molecular weight excluding hydrogens is 422 g/mol. The van der Waals surface area contributed by atoms with Crippen molar-refractivity contribution in [3.63, 3.8) is 0 Å². The maximum atomic E-state index is 13.1. The second-order valence-electron chi connectivity index (χ2n) is 7.78. The second kappa shape index (κ2) is 6.89. The third-order valence-electron chi connectivity index (χ3n) is 6.16. The fourth-order valence-corrected chi connectivity index (χ4v) is 5.15. The van der Waals surface area contributed by atoms with Gasteiger partial charge in [0.1, 0.15) is 0 Å². The van der Waals surface area contributed by atoms with Crippen LogP contribution in [0.4, 0.5) is 18.9 Å². The molecule has 4 aliphatic heterocycles. The molecule has 0 saturated carbocycles. The molecule has 0 radical (unpaired) electrons. The van der Waals surface area contributed by atoms with Crippen LogP contribution < -0.4 is 5.01 Å². The van der Waals surface area contributed by atoms with E-state index in [0.717, 1.165) is 49.3 Å². The van der Waals surface area contributed by atoms with Gasteiger partial charge in [0.15, 0.2) is 0 Å². The van der Waals surface area contributed by atoms with Crippen LogP contribution in [-0.2, 0) is 6.18 Å². The number of benzene rings is 2. The average Bonchev–Trinajstić information content (AvgIpc) is 3.12. The molecule has 0 spiro atoms. The van der Waals surface area contributed by atoms with E-state index in [1.807, 2.05) is 5.01 Å². The van der Waals surface area contributed by atoms with Crippen molar-refractivity contribution in [1.82, 2.24) is 4.90 Å². The van der Waals surface area contributed by atoms with Crippen molar-refractivity contribution in [1.29, 1.82) is 0 Å². The molecule has 6 rings (SSSR count). The van der Waals surface area contributed by atoms with Crippen LogP contribution in [0, 0.1) is 5.92 Å². The van der Waals surface area contributed by atoms with Crippen molar-refractivity contribution in [2.75, 3.05) is 18.1 Å². The monoisotopic (exact) mass is 439 g/mol. The number of alkyl halides is 3. The first-order valence-corrected chi connectivity index (χ1v) is 10.3. The lowest BCUT2D eigenvalue weighted by Gasteiger charge is -2.46. The summed E-state index contributed by atoms with van der Waals surface area (Å²) in [5.74, 6) is 0.407. The van der Waals surface area contributed by atoms with Crippen molar-refractivity contribution in [2.45, 2.75) is 31.1 Å². The van der Waals surface area contributed by atoms with E-state index in [0.29, 0.717) is 21.7 Å². The van der Waals surface area contributed by atoms with Gasteiger partial charge in [-0.05, 0) is 61.8 Å². The summed E-state index contributed by atoms with van der Waals surface area (Å²) in [5, 5.41) is 7.84. The van der Waals surface area contributed by atoms with Crippen molar-refractivity contribution in [3.8, 4) is 0 Å². The van der Waals surface area contributed by atoms with Crippen LogP contribution in [-0.4, -0.2) is 29.7 Å².